The average Bonchev–Trinajstić information content (AvgIpc) is 3.17. The standard InChI is InChI=1S/C15H20N4/c1-3-4-13-18-14(12-9-17-8-7-10(12)2)15(16)19(13)11-5-6-11/h7-9,11H,3-6,16H2,1-2H3. The molecule has 100 valence electrons. The molecule has 0 bridgehead atoms. The van der Waals surface area contributed by atoms with Crippen LogP contribution in [0, 0.1) is 6.92 Å². The Labute approximate surface area is 113 Å². The summed E-state index contributed by atoms with van der Waals surface area (Å²) in [6.45, 7) is 4.25. The first-order chi connectivity index (χ1) is 9.22. The normalized spacial score (nSPS) is 14.8. The van der Waals surface area contributed by atoms with Gasteiger partial charge >= 0.3 is 0 Å². The van der Waals surface area contributed by atoms with Gasteiger partial charge < -0.3 is 10.3 Å². The highest BCUT2D eigenvalue weighted by molar-refractivity contribution is 5.73. The number of nitrogens with zero attached hydrogens (tertiary/aromatic N) is 3. The summed E-state index contributed by atoms with van der Waals surface area (Å²) in [5.41, 5.74) is 9.48. The minimum atomic E-state index is 0.569. The van der Waals surface area contributed by atoms with Gasteiger partial charge in [-0.3, -0.25) is 4.98 Å². The Hall–Kier alpha value is -1.84. The van der Waals surface area contributed by atoms with Crippen LogP contribution in [-0.2, 0) is 6.42 Å². The van der Waals surface area contributed by atoms with Crippen LogP contribution < -0.4 is 5.73 Å². The zero-order chi connectivity index (χ0) is 13.4. The van der Waals surface area contributed by atoms with E-state index >= 15 is 0 Å². The van der Waals surface area contributed by atoms with Crippen molar-refractivity contribution >= 4 is 5.82 Å². The van der Waals surface area contributed by atoms with Crippen molar-refractivity contribution in [3.8, 4) is 11.3 Å². The maximum atomic E-state index is 6.35. The summed E-state index contributed by atoms with van der Waals surface area (Å²) in [5.74, 6) is 1.93. The third-order valence-electron chi connectivity index (χ3n) is 3.70. The van der Waals surface area contributed by atoms with E-state index in [0.717, 1.165) is 35.7 Å². The van der Waals surface area contributed by atoms with Gasteiger partial charge in [0.15, 0.2) is 0 Å². The van der Waals surface area contributed by atoms with Gasteiger partial charge in [-0.25, -0.2) is 4.98 Å². The Morgan fingerprint density at radius 1 is 1.42 bits per heavy atom. The molecule has 0 radical (unpaired) electrons. The summed E-state index contributed by atoms with van der Waals surface area (Å²) < 4.78 is 2.24. The van der Waals surface area contributed by atoms with Gasteiger partial charge in [0.25, 0.3) is 0 Å². The van der Waals surface area contributed by atoms with Crippen LogP contribution in [0.25, 0.3) is 11.3 Å². The first-order valence-corrected chi connectivity index (χ1v) is 7.00. The molecule has 0 saturated heterocycles. The van der Waals surface area contributed by atoms with Gasteiger partial charge in [0.2, 0.25) is 0 Å². The lowest BCUT2D eigenvalue weighted by Crippen LogP contribution is -2.05. The number of rotatable bonds is 4. The molecule has 0 spiro atoms. The maximum Gasteiger partial charge on any atom is 0.132 e. The van der Waals surface area contributed by atoms with Crippen LogP contribution >= 0.6 is 0 Å². The van der Waals surface area contributed by atoms with E-state index in [2.05, 4.69) is 23.4 Å². The van der Waals surface area contributed by atoms with E-state index in [1.165, 1.54) is 18.4 Å². The van der Waals surface area contributed by atoms with E-state index in [9.17, 15) is 0 Å². The Morgan fingerprint density at radius 3 is 2.84 bits per heavy atom. The number of nitrogen functional groups attached to an aromatic ring is 1. The Kier molecular flexibility index (Phi) is 3.01. The van der Waals surface area contributed by atoms with Crippen molar-refractivity contribution in [1.29, 1.82) is 0 Å². The van der Waals surface area contributed by atoms with E-state index in [1.807, 2.05) is 12.3 Å². The number of hydrogen-bond acceptors (Lipinski definition) is 3. The monoisotopic (exact) mass is 256 g/mol. The topological polar surface area (TPSA) is 56.7 Å². The third-order valence-corrected chi connectivity index (χ3v) is 3.70. The average molecular weight is 256 g/mol. The molecular formula is C15H20N4. The molecule has 4 nitrogen and oxygen atoms in total. The number of nitrogens with two attached hydrogens (primary N) is 1. The highest BCUT2D eigenvalue weighted by Gasteiger charge is 2.29. The number of hydrogen-bond donors (Lipinski definition) is 1. The Bertz CT molecular complexity index is 596. The van der Waals surface area contributed by atoms with Crippen molar-refractivity contribution in [2.24, 2.45) is 0 Å². The van der Waals surface area contributed by atoms with Gasteiger partial charge in [0.1, 0.15) is 17.3 Å². The highest BCUT2D eigenvalue weighted by atomic mass is 15.2. The first kappa shape index (κ1) is 12.2. The highest BCUT2D eigenvalue weighted by Crippen LogP contribution is 2.41. The summed E-state index contributed by atoms with van der Waals surface area (Å²) in [7, 11) is 0. The summed E-state index contributed by atoms with van der Waals surface area (Å²) in [6, 6.07) is 2.57. The van der Waals surface area contributed by atoms with Gasteiger partial charge in [-0.15, -0.1) is 0 Å². The fourth-order valence-corrected chi connectivity index (χ4v) is 2.54. The lowest BCUT2D eigenvalue weighted by Gasteiger charge is -2.07. The van der Waals surface area contributed by atoms with Crippen LogP contribution in [-0.4, -0.2) is 14.5 Å². The summed E-state index contributed by atoms with van der Waals surface area (Å²) in [5, 5.41) is 0. The van der Waals surface area contributed by atoms with E-state index in [4.69, 9.17) is 10.7 Å². The zero-order valence-electron chi connectivity index (χ0n) is 11.6. The molecule has 1 aliphatic rings. The predicted molar refractivity (Wildman–Crippen MR) is 76.9 cm³/mol. The molecule has 19 heavy (non-hydrogen) atoms. The van der Waals surface area contributed by atoms with Crippen molar-refractivity contribution in [1.82, 2.24) is 14.5 Å². The number of aryl methyl sites for hydroxylation is 2. The molecule has 2 heterocycles. The summed E-state index contributed by atoms with van der Waals surface area (Å²) in [4.78, 5) is 8.99. The minimum Gasteiger partial charge on any atom is -0.383 e. The van der Waals surface area contributed by atoms with E-state index < -0.39 is 0 Å². The second kappa shape index (κ2) is 4.68. The maximum absolute atomic E-state index is 6.35. The molecule has 1 aliphatic carbocycles. The van der Waals surface area contributed by atoms with Crippen LogP contribution in [0.5, 0.6) is 0 Å². The SMILES string of the molecule is CCCc1nc(-c2cnccc2C)c(N)n1C1CC1. The van der Waals surface area contributed by atoms with Crippen molar-refractivity contribution in [3.63, 3.8) is 0 Å². The van der Waals surface area contributed by atoms with Crippen molar-refractivity contribution in [2.45, 2.75) is 45.6 Å². The lowest BCUT2D eigenvalue weighted by atomic mass is 10.1. The van der Waals surface area contributed by atoms with Gasteiger partial charge in [-0.2, -0.15) is 0 Å². The molecule has 2 N–H and O–H groups in total. The molecule has 1 saturated carbocycles. The number of aromatic nitrogens is 3. The smallest absolute Gasteiger partial charge is 0.132 e. The Morgan fingerprint density at radius 2 is 2.21 bits per heavy atom. The van der Waals surface area contributed by atoms with E-state index in [-0.39, 0.29) is 0 Å². The van der Waals surface area contributed by atoms with Gasteiger partial charge in [0.05, 0.1) is 0 Å². The number of pyridine rings is 1. The second-order valence-corrected chi connectivity index (χ2v) is 5.30. The summed E-state index contributed by atoms with van der Waals surface area (Å²) >= 11 is 0. The molecule has 0 aromatic carbocycles. The molecule has 0 unspecified atom stereocenters. The van der Waals surface area contributed by atoms with E-state index in [0.29, 0.717) is 6.04 Å². The molecule has 1 fully saturated rings. The molecule has 2 aromatic rings. The van der Waals surface area contributed by atoms with Gasteiger partial charge in [0, 0.05) is 30.4 Å². The number of anilines is 1. The van der Waals surface area contributed by atoms with Gasteiger partial charge in [-0.05, 0) is 37.8 Å². The van der Waals surface area contributed by atoms with Crippen LogP contribution in [0.4, 0.5) is 5.82 Å². The van der Waals surface area contributed by atoms with Crippen LogP contribution in [0.2, 0.25) is 0 Å². The molecular weight excluding hydrogens is 236 g/mol. The zero-order valence-corrected chi connectivity index (χ0v) is 11.6. The van der Waals surface area contributed by atoms with Crippen molar-refractivity contribution < 1.29 is 0 Å². The van der Waals surface area contributed by atoms with E-state index in [1.54, 1.807) is 6.20 Å². The molecule has 3 rings (SSSR count). The fourth-order valence-electron chi connectivity index (χ4n) is 2.54. The van der Waals surface area contributed by atoms with Crippen LogP contribution in [0.15, 0.2) is 18.5 Å². The summed E-state index contributed by atoms with van der Waals surface area (Å²) in [6.07, 6.45) is 8.20. The Balaban J connectivity index is 2.12. The minimum absolute atomic E-state index is 0.569. The fraction of sp³-hybridized carbons (Fsp3) is 0.467. The second-order valence-electron chi connectivity index (χ2n) is 5.30. The lowest BCUT2D eigenvalue weighted by molar-refractivity contribution is 0.676. The van der Waals surface area contributed by atoms with Gasteiger partial charge in [-0.1, -0.05) is 6.92 Å². The molecule has 0 atom stereocenters. The third kappa shape index (κ3) is 2.11. The van der Waals surface area contributed by atoms with Crippen molar-refractivity contribution in [3.05, 3.63) is 29.8 Å². The largest absolute Gasteiger partial charge is 0.383 e. The van der Waals surface area contributed by atoms with Crippen molar-refractivity contribution in [2.75, 3.05) is 5.73 Å². The number of imidazole rings is 1. The molecule has 2 aromatic heterocycles. The van der Waals surface area contributed by atoms with Crippen LogP contribution in [0.3, 0.4) is 0 Å². The first-order valence-electron chi connectivity index (χ1n) is 7.00. The van der Waals surface area contributed by atoms with Crippen LogP contribution in [0.1, 0.15) is 43.6 Å². The molecule has 0 aliphatic heterocycles. The molecule has 4 heteroatoms. The quantitative estimate of drug-likeness (QED) is 0.914. The predicted octanol–water partition coefficient (Wildman–Crippen LogP) is 3.12. The molecule has 0 amide bonds.